The number of sulfone groups is 1. The molecule has 0 aliphatic rings. The highest BCUT2D eigenvalue weighted by Gasteiger charge is 2.09. The van der Waals surface area contributed by atoms with Crippen LogP contribution in [0.3, 0.4) is 0 Å². The molecule has 0 bridgehead atoms. The van der Waals surface area contributed by atoms with Crippen molar-refractivity contribution in [1.82, 2.24) is 9.97 Å². The van der Waals surface area contributed by atoms with E-state index in [0.717, 1.165) is 17.9 Å². The lowest BCUT2D eigenvalue weighted by Crippen LogP contribution is -2.16. The molecule has 18 heavy (non-hydrogen) atoms. The van der Waals surface area contributed by atoms with Crippen LogP contribution < -0.4 is 10.6 Å². The van der Waals surface area contributed by atoms with Crippen LogP contribution in [0.1, 0.15) is 18.3 Å². The fourth-order valence-electron chi connectivity index (χ4n) is 1.49. The van der Waals surface area contributed by atoms with Crippen LogP contribution in [-0.2, 0) is 9.84 Å². The second kappa shape index (κ2) is 5.99. The van der Waals surface area contributed by atoms with Gasteiger partial charge in [0.2, 0.25) is 0 Å². The van der Waals surface area contributed by atoms with Crippen LogP contribution in [0.4, 0.5) is 11.6 Å². The zero-order valence-electron chi connectivity index (χ0n) is 11.2. The van der Waals surface area contributed by atoms with Gasteiger partial charge in [0, 0.05) is 24.9 Å². The maximum Gasteiger partial charge on any atom is 0.149 e. The van der Waals surface area contributed by atoms with E-state index < -0.39 is 9.84 Å². The summed E-state index contributed by atoms with van der Waals surface area (Å²) < 4.78 is 22.1. The molecule has 0 unspecified atom stereocenters. The van der Waals surface area contributed by atoms with Gasteiger partial charge < -0.3 is 10.6 Å². The fourth-order valence-corrected chi connectivity index (χ4v) is 1.97. The fraction of sp³-hybridized carbons (Fsp3) is 0.636. The number of rotatable bonds is 6. The van der Waals surface area contributed by atoms with Gasteiger partial charge in [-0.1, -0.05) is 0 Å². The molecule has 0 aliphatic carbocycles. The third kappa shape index (κ3) is 4.48. The second-order valence-corrected chi connectivity index (χ2v) is 6.44. The lowest BCUT2D eigenvalue weighted by molar-refractivity contribution is 0.602. The number of anilines is 2. The van der Waals surface area contributed by atoms with Crippen molar-refractivity contribution in [1.29, 1.82) is 0 Å². The average molecular weight is 272 g/mol. The minimum atomic E-state index is -2.96. The minimum absolute atomic E-state index is 0.0893. The number of aromatic nitrogens is 2. The van der Waals surface area contributed by atoms with Crippen LogP contribution in [0.25, 0.3) is 0 Å². The summed E-state index contributed by atoms with van der Waals surface area (Å²) in [5.74, 6) is 2.21. The van der Waals surface area contributed by atoms with Crippen molar-refractivity contribution in [3.8, 4) is 0 Å². The molecule has 0 aliphatic heterocycles. The summed E-state index contributed by atoms with van der Waals surface area (Å²) in [4.78, 5) is 8.58. The van der Waals surface area contributed by atoms with Gasteiger partial charge in [-0.3, -0.25) is 0 Å². The molecule has 2 N–H and O–H groups in total. The Hall–Kier alpha value is -1.37. The molecule has 1 aromatic heterocycles. The molecule has 7 heteroatoms. The topological polar surface area (TPSA) is 84.0 Å². The van der Waals surface area contributed by atoms with Crippen molar-refractivity contribution in [3.05, 3.63) is 11.4 Å². The molecule has 1 aromatic rings. The molecule has 0 atom stereocenters. The number of hydrogen-bond donors (Lipinski definition) is 2. The highest BCUT2D eigenvalue weighted by Crippen LogP contribution is 2.19. The van der Waals surface area contributed by atoms with Crippen molar-refractivity contribution in [2.24, 2.45) is 0 Å². The quantitative estimate of drug-likeness (QED) is 0.803. The predicted octanol–water partition coefficient (Wildman–Crippen LogP) is 0.982. The molecule has 1 rings (SSSR count). The van der Waals surface area contributed by atoms with E-state index in [1.165, 1.54) is 6.26 Å². The Bertz CT molecular complexity index is 514. The van der Waals surface area contributed by atoms with Gasteiger partial charge in [0.05, 0.1) is 5.75 Å². The smallest absolute Gasteiger partial charge is 0.149 e. The van der Waals surface area contributed by atoms with Crippen molar-refractivity contribution >= 4 is 21.5 Å². The van der Waals surface area contributed by atoms with Gasteiger partial charge in [-0.15, -0.1) is 0 Å². The van der Waals surface area contributed by atoms with E-state index in [1.807, 2.05) is 20.8 Å². The van der Waals surface area contributed by atoms with Crippen LogP contribution in [0.2, 0.25) is 0 Å². The Morgan fingerprint density at radius 1 is 1.11 bits per heavy atom. The van der Waals surface area contributed by atoms with E-state index in [9.17, 15) is 8.42 Å². The molecule has 0 saturated carbocycles. The lowest BCUT2D eigenvalue weighted by Gasteiger charge is -2.13. The first-order valence-corrected chi connectivity index (χ1v) is 7.90. The summed E-state index contributed by atoms with van der Waals surface area (Å²) in [6.45, 7) is 6.83. The van der Waals surface area contributed by atoms with Crippen molar-refractivity contribution in [3.63, 3.8) is 0 Å². The molecular formula is C11H20N4O2S. The first kappa shape index (κ1) is 14.7. The first-order valence-electron chi connectivity index (χ1n) is 5.84. The van der Waals surface area contributed by atoms with Crippen LogP contribution in [-0.4, -0.2) is 43.5 Å². The summed E-state index contributed by atoms with van der Waals surface area (Å²) in [6, 6.07) is 0. The third-order valence-electron chi connectivity index (χ3n) is 2.37. The molecule has 0 fully saturated rings. The van der Waals surface area contributed by atoms with Gasteiger partial charge in [-0.05, 0) is 20.8 Å². The molecule has 1 heterocycles. The van der Waals surface area contributed by atoms with Crippen LogP contribution in [0.15, 0.2) is 0 Å². The van der Waals surface area contributed by atoms with Gasteiger partial charge >= 0.3 is 0 Å². The SMILES string of the molecule is CCNc1nc(C)nc(NCCS(C)(=O)=O)c1C. The molecule has 102 valence electrons. The van der Waals surface area contributed by atoms with Crippen LogP contribution in [0.5, 0.6) is 0 Å². The Morgan fingerprint density at radius 2 is 1.67 bits per heavy atom. The molecule has 0 spiro atoms. The van der Waals surface area contributed by atoms with Gasteiger partial charge in [0.1, 0.15) is 27.3 Å². The zero-order chi connectivity index (χ0) is 13.8. The van der Waals surface area contributed by atoms with Gasteiger partial charge in [0.25, 0.3) is 0 Å². The van der Waals surface area contributed by atoms with Crippen molar-refractivity contribution in [2.75, 3.05) is 35.7 Å². The average Bonchev–Trinajstić information content (AvgIpc) is 2.23. The van der Waals surface area contributed by atoms with E-state index in [-0.39, 0.29) is 5.75 Å². The summed E-state index contributed by atoms with van der Waals surface area (Å²) >= 11 is 0. The monoisotopic (exact) mass is 272 g/mol. The first-order chi connectivity index (χ1) is 8.33. The summed E-state index contributed by atoms with van der Waals surface area (Å²) in [5.41, 5.74) is 0.899. The summed E-state index contributed by atoms with van der Waals surface area (Å²) in [5, 5.41) is 6.19. The summed E-state index contributed by atoms with van der Waals surface area (Å²) in [6.07, 6.45) is 1.22. The maximum absolute atomic E-state index is 11.1. The largest absolute Gasteiger partial charge is 0.370 e. The van der Waals surface area contributed by atoms with E-state index in [2.05, 4.69) is 20.6 Å². The van der Waals surface area contributed by atoms with E-state index >= 15 is 0 Å². The van der Waals surface area contributed by atoms with Crippen LogP contribution >= 0.6 is 0 Å². The number of nitrogens with zero attached hydrogens (tertiary/aromatic N) is 2. The molecular weight excluding hydrogens is 252 g/mol. The Kier molecular flexibility index (Phi) is 4.89. The maximum atomic E-state index is 11.1. The summed E-state index contributed by atoms with van der Waals surface area (Å²) in [7, 11) is -2.96. The molecule has 0 saturated heterocycles. The van der Waals surface area contributed by atoms with Gasteiger partial charge in [-0.25, -0.2) is 18.4 Å². The van der Waals surface area contributed by atoms with Crippen molar-refractivity contribution in [2.45, 2.75) is 20.8 Å². The molecule has 0 amide bonds. The predicted molar refractivity (Wildman–Crippen MR) is 73.9 cm³/mol. The highest BCUT2D eigenvalue weighted by atomic mass is 32.2. The van der Waals surface area contributed by atoms with E-state index in [1.54, 1.807) is 0 Å². The highest BCUT2D eigenvalue weighted by molar-refractivity contribution is 7.90. The molecule has 0 aromatic carbocycles. The molecule has 6 nitrogen and oxygen atoms in total. The number of hydrogen-bond acceptors (Lipinski definition) is 6. The zero-order valence-corrected chi connectivity index (χ0v) is 12.1. The number of aryl methyl sites for hydroxylation is 1. The Labute approximate surface area is 108 Å². The Balaban J connectivity index is 2.82. The normalized spacial score (nSPS) is 11.3. The van der Waals surface area contributed by atoms with Crippen molar-refractivity contribution < 1.29 is 8.42 Å². The van der Waals surface area contributed by atoms with E-state index in [0.29, 0.717) is 18.2 Å². The van der Waals surface area contributed by atoms with Gasteiger partial charge in [-0.2, -0.15) is 0 Å². The minimum Gasteiger partial charge on any atom is -0.370 e. The lowest BCUT2D eigenvalue weighted by atomic mass is 10.3. The standard InChI is InChI=1S/C11H20N4O2S/c1-5-12-10-8(2)11(15-9(3)14-10)13-6-7-18(4,16)17/h5-7H2,1-4H3,(H2,12,13,14,15). The molecule has 0 radical (unpaired) electrons. The third-order valence-corrected chi connectivity index (χ3v) is 3.31. The van der Waals surface area contributed by atoms with Crippen LogP contribution in [0, 0.1) is 13.8 Å². The number of nitrogens with one attached hydrogen (secondary N) is 2. The van der Waals surface area contributed by atoms with Gasteiger partial charge in [0.15, 0.2) is 0 Å². The second-order valence-electron chi connectivity index (χ2n) is 4.18. The van der Waals surface area contributed by atoms with E-state index in [4.69, 9.17) is 0 Å². The Morgan fingerprint density at radius 3 is 2.17 bits per heavy atom.